The zero-order chi connectivity index (χ0) is 19.4. The first kappa shape index (κ1) is 18.9. The summed E-state index contributed by atoms with van der Waals surface area (Å²) in [5.41, 5.74) is 3.02. The van der Waals surface area contributed by atoms with E-state index in [9.17, 15) is 9.59 Å². The number of carbonyl (C=O) groups is 2. The van der Waals surface area contributed by atoms with Crippen molar-refractivity contribution in [3.05, 3.63) is 53.2 Å². The molecule has 1 aromatic carbocycles. The van der Waals surface area contributed by atoms with Crippen molar-refractivity contribution in [3.8, 4) is 5.75 Å². The summed E-state index contributed by atoms with van der Waals surface area (Å²) in [5.74, 6) is 0.936. The van der Waals surface area contributed by atoms with Gasteiger partial charge in [-0.1, -0.05) is 19.9 Å². The predicted octanol–water partition coefficient (Wildman–Crippen LogP) is 2.93. The fraction of sp³-hybridized carbons (Fsp3) is 0.381. The molecule has 2 heterocycles. The Morgan fingerprint density at radius 3 is 2.56 bits per heavy atom. The van der Waals surface area contributed by atoms with Crippen LogP contribution in [0.1, 0.15) is 35.3 Å². The quantitative estimate of drug-likeness (QED) is 0.902. The number of anilines is 1. The molecule has 0 spiro atoms. The van der Waals surface area contributed by atoms with Gasteiger partial charge in [0.15, 0.2) is 0 Å². The Morgan fingerprint density at radius 2 is 1.85 bits per heavy atom. The van der Waals surface area contributed by atoms with E-state index in [0.29, 0.717) is 24.5 Å². The number of hydrogen-bond donors (Lipinski definition) is 1. The van der Waals surface area contributed by atoms with Gasteiger partial charge in [0.05, 0.1) is 7.11 Å². The van der Waals surface area contributed by atoms with Crippen LogP contribution in [-0.2, 0) is 17.6 Å². The molecule has 1 aliphatic rings. The van der Waals surface area contributed by atoms with E-state index in [4.69, 9.17) is 4.74 Å². The summed E-state index contributed by atoms with van der Waals surface area (Å²) in [4.78, 5) is 30.8. The van der Waals surface area contributed by atoms with E-state index in [1.54, 1.807) is 25.4 Å². The van der Waals surface area contributed by atoms with Gasteiger partial charge in [-0.2, -0.15) is 0 Å². The fourth-order valence-electron chi connectivity index (χ4n) is 3.12. The average molecular weight is 367 g/mol. The first-order chi connectivity index (χ1) is 13.0. The minimum absolute atomic E-state index is 0.0442. The molecule has 0 saturated carbocycles. The number of nitrogens with one attached hydrogen (secondary N) is 1. The highest BCUT2D eigenvalue weighted by atomic mass is 16.5. The lowest BCUT2D eigenvalue weighted by Crippen LogP contribution is -2.33. The van der Waals surface area contributed by atoms with Gasteiger partial charge in [-0.3, -0.25) is 9.59 Å². The molecule has 27 heavy (non-hydrogen) atoms. The van der Waals surface area contributed by atoms with Crippen LogP contribution in [0.4, 0.5) is 5.82 Å². The van der Waals surface area contributed by atoms with Gasteiger partial charge in [-0.15, -0.1) is 0 Å². The molecule has 1 aliphatic heterocycles. The summed E-state index contributed by atoms with van der Waals surface area (Å²) >= 11 is 0. The van der Waals surface area contributed by atoms with Crippen molar-refractivity contribution in [1.82, 2.24) is 9.88 Å². The minimum atomic E-state index is -0.146. The van der Waals surface area contributed by atoms with Crippen LogP contribution in [0.15, 0.2) is 36.5 Å². The molecule has 0 fully saturated rings. The monoisotopic (exact) mass is 367 g/mol. The van der Waals surface area contributed by atoms with Gasteiger partial charge in [-0.05, 0) is 48.2 Å². The van der Waals surface area contributed by atoms with Crippen LogP contribution < -0.4 is 10.1 Å². The molecule has 0 atom stereocenters. The van der Waals surface area contributed by atoms with Gasteiger partial charge in [0.25, 0.3) is 5.91 Å². The summed E-state index contributed by atoms with van der Waals surface area (Å²) in [5, 5.41) is 2.74. The molecule has 142 valence electrons. The first-order valence-electron chi connectivity index (χ1n) is 9.20. The van der Waals surface area contributed by atoms with Crippen molar-refractivity contribution in [3.63, 3.8) is 0 Å². The van der Waals surface area contributed by atoms with Crippen LogP contribution in [-0.4, -0.2) is 41.9 Å². The molecule has 0 bridgehead atoms. The standard InChI is InChI=1S/C21H25N3O3/c1-14(2)20(25)23-19-13-17(6-9-22-19)21(26)24-10-7-15-4-5-18(27-3)12-16(15)8-11-24/h4-6,9,12-14H,7-8,10-11H2,1-3H3,(H,22,23,25). The van der Waals surface area contributed by atoms with Crippen molar-refractivity contribution in [1.29, 1.82) is 0 Å². The molecular formula is C21H25N3O3. The maximum atomic E-state index is 13.0. The van der Waals surface area contributed by atoms with Crippen LogP contribution in [0.25, 0.3) is 0 Å². The van der Waals surface area contributed by atoms with E-state index in [1.807, 2.05) is 24.8 Å². The Bertz CT molecular complexity index is 848. The Hall–Kier alpha value is -2.89. The number of nitrogens with zero attached hydrogens (tertiary/aromatic N) is 2. The SMILES string of the molecule is COc1ccc2c(c1)CCN(C(=O)c1ccnc(NC(=O)C(C)C)c1)CC2. The third kappa shape index (κ3) is 4.45. The Kier molecular flexibility index (Phi) is 5.74. The van der Waals surface area contributed by atoms with E-state index >= 15 is 0 Å². The zero-order valence-corrected chi connectivity index (χ0v) is 16.0. The molecule has 0 radical (unpaired) electrons. The number of pyridine rings is 1. The van der Waals surface area contributed by atoms with Gasteiger partial charge < -0.3 is 15.0 Å². The Labute approximate surface area is 159 Å². The Balaban J connectivity index is 1.72. The highest BCUT2D eigenvalue weighted by Crippen LogP contribution is 2.22. The summed E-state index contributed by atoms with van der Waals surface area (Å²) in [6.45, 7) is 4.94. The van der Waals surface area contributed by atoms with Crippen molar-refractivity contribution >= 4 is 17.6 Å². The summed E-state index contributed by atoms with van der Waals surface area (Å²) < 4.78 is 5.30. The maximum Gasteiger partial charge on any atom is 0.254 e. The smallest absolute Gasteiger partial charge is 0.254 e. The molecule has 1 aromatic heterocycles. The van der Waals surface area contributed by atoms with Gasteiger partial charge in [0.2, 0.25) is 5.91 Å². The molecule has 1 N–H and O–H groups in total. The van der Waals surface area contributed by atoms with Gasteiger partial charge in [-0.25, -0.2) is 4.98 Å². The first-order valence-corrected chi connectivity index (χ1v) is 9.20. The molecule has 0 aliphatic carbocycles. The van der Waals surface area contributed by atoms with E-state index in [-0.39, 0.29) is 17.7 Å². The summed E-state index contributed by atoms with van der Waals surface area (Å²) in [6.07, 6.45) is 3.16. The second-order valence-electron chi connectivity index (χ2n) is 7.00. The lowest BCUT2D eigenvalue weighted by molar-refractivity contribution is -0.118. The number of fused-ring (bicyclic) bond motifs is 1. The zero-order valence-electron chi connectivity index (χ0n) is 16.0. The average Bonchev–Trinajstić information content (AvgIpc) is 2.89. The number of rotatable bonds is 4. The third-order valence-electron chi connectivity index (χ3n) is 4.79. The highest BCUT2D eigenvalue weighted by molar-refractivity contribution is 5.96. The predicted molar refractivity (Wildman–Crippen MR) is 104 cm³/mol. The number of benzene rings is 1. The van der Waals surface area contributed by atoms with Crippen LogP contribution in [0, 0.1) is 5.92 Å². The molecule has 0 saturated heterocycles. The maximum absolute atomic E-state index is 13.0. The topological polar surface area (TPSA) is 71.5 Å². The lowest BCUT2D eigenvalue weighted by atomic mass is 10.0. The molecule has 2 aromatic rings. The largest absolute Gasteiger partial charge is 0.497 e. The van der Waals surface area contributed by atoms with E-state index in [0.717, 1.165) is 18.6 Å². The number of aromatic nitrogens is 1. The van der Waals surface area contributed by atoms with E-state index < -0.39 is 0 Å². The molecule has 6 nitrogen and oxygen atoms in total. The van der Waals surface area contributed by atoms with Gasteiger partial charge in [0, 0.05) is 30.8 Å². The number of amides is 2. The molecule has 0 unspecified atom stereocenters. The van der Waals surface area contributed by atoms with E-state index in [1.165, 1.54) is 11.1 Å². The third-order valence-corrected chi connectivity index (χ3v) is 4.79. The second-order valence-corrected chi connectivity index (χ2v) is 7.00. The summed E-state index contributed by atoms with van der Waals surface area (Å²) in [6, 6.07) is 9.42. The molecule has 2 amide bonds. The van der Waals surface area contributed by atoms with Crippen LogP contribution in [0.2, 0.25) is 0 Å². The minimum Gasteiger partial charge on any atom is -0.497 e. The van der Waals surface area contributed by atoms with Crippen LogP contribution in [0.5, 0.6) is 5.75 Å². The van der Waals surface area contributed by atoms with Crippen molar-refractivity contribution < 1.29 is 14.3 Å². The van der Waals surface area contributed by atoms with Crippen molar-refractivity contribution in [2.75, 3.05) is 25.5 Å². The fourth-order valence-corrected chi connectivity index (χ4v) is 3.12. The van der Waals surface area contributed by atoms with Crippen LogP contribution in [0.3, 0.4) is 0 Å². The van der Waals surface area contributed by atoms with Crippen molar-refractivity contribution in [2.24, 2.45) is 5.92 Å². The lowest BCUT2D eigenvalue weighted by Gasteiger charge is -2.20. The molecule has 6 heteroatoms. The van der Waals surface area contributed by atoms with Crippen molar-refractivity contribution in [2.45, 2.75) is 26.7 Å². The van der Waals surface area contributed by atoms with E-state index in [2.05, 4.69) is 22.4 Å². The van der Waals surface area contributed by atoms with Crippen LogP contribution >= 0.6 is 0 Å². The number of methoxy groups -OCH3 is 1. The second kappa shape index (κ2) is 8.20. The number of carbonyl (C=O) groups excluding carboxylic acids is 2. The molecular weight excluding hydrogens is 342 g/mol. The van der Waals surface area contributed by atoms with Gasteiger partial charge in [0.1, 0.15) is 11.6 Å². The van der Waals surface area contributed by atoms with Gasteiger partial charge >= 0.3 is 0 Å². The highest BCUT2D eigenvalue weighted by Gasteiger charge is 2.21. The normalized spacial score (nSPS) is 13.7. The summed E-state index contributed by atoms with van der Waals surface area (Å²) in [7, 11) is 1.66. The number of ether oxygens (including phenoxy) is 1. The molecule has 3 rings (SSSR count). The Morgan fingerprint density at radius 1 is 1.11 bits per heavy atom. The number of hydrogen-bond acceptors (Lipinski definition) is 4.